The zero-order valence-corrected chi connectivity index (χ0v) is 16.1. The summed E-state index contributed by atoms with van der Waals surface area (Å²) in [6.07, 6.45) is 7.02. The molecule has 0 saturated carbocycles. The van der Waals surface area contributed by atoms with Crippen LogP contribution in [0.2, 0.25) is 0 Å². The number of hydrogen-bond donors (Lipinski definition) is 1. The van der Waals surface area contributed by atoms with Crippen LogP contribution in [-0.2, 0) is 16.1 Å². The smallest absolute Gasteiger partial charge is 0.251 e. The molecule has 142 valence electrons. The van der Waals surface area contributed by atoms with E-state index < -0.39 is 0 Å². The number of anilines is 1. The van der Waals surface area contributed by atoms with Gasteiger partial charge < -0.3 is 10.1 Å². The number of carbonyl (C=O) groups is 1. The number of aromatic nitrogens is 3. The molecule has 1 amide bonds. The van der Waals surface area contributed by atoms with Crippen molar-refractivity contribution in [3.8, 4) is 23.9 Å². The normalized spacial score (nSPS) is 10.6. The minimum atomic E-state index is -0.289. The first kappa shape index (κ1) is 18.7. The second kappa shape index (κ2) is 8.61. The molecule has 4 rings (SSSR count). The molecule has 0 aliphatic heterocycles. The highest BCUT2D eigenvalue weighted by atomic mass is 32.1. The van der Waals surface area contributed by atoms with Gasteiger partial charge in [0.1, 0.15) is 22.9 Å². The molecule has 0 saturated heterocycles. The predicted octanol–water partition coefficient (Wildman–Crippen LogP) is 3.89. The van der Waals surface area contributed by atoms with Crippen LogP contribution in [0.5, 0.6) is 0 Å². The summed E-state index contributed by atoms with van der Waals surface area (Å²) in [7, 11) is 0. The van der Waals surface area contributed by atoms with E-state index in [4.69, 9.17) is 11.2 Å². The van der Waals surface area contributed by atoms with Crippen LogP contribution in [0.25, 0.3) is 21.7 Å². The Kier molecular flexibility index (Phi) is 5.56. The second-order valence-corrected chi connectivity index (χ2v) is 7.03. The molecular weight excluding hydrogens is 384 g/mol. The first-order valence-corrected chi connectivity index (χ1v) is 9.71. The van der Waals surface area contributed by atoms with E-state index in [0.717, 1.165) is 21.3 Å². The molecule has 0 spiro atoms. The molecule has 0 unspecified atom stereocenters. The van der Waals surface area contributed by atoms with Crippen LogP contribution < -0.4 is 5.32 Å². The van der Waals surface area contributed by atoms with Crippen LogP contribution in [-0.4, -0.2) is 27.5 Å². The van der Waals surface area contributed by atoms with Gasteiger partial charge in [0.15, 0.2) is 5.82 Å². The lowest BCUT2D eigenvalue weighted by Gasteiger charge is -2.08. The van der Waals surface area contributed by atoms with Crippen molar-refractivity contribution in [2.75, 3.05) is 11.9 Å². The number of terminal acetylenes is 1. The van der Waals surface area contributed by atoms with Crippen LogP contribution in [0.15, 0.2) is 60.1 Å². The number of rotatable bonds is 6. The van der Waals surface area contributed by atoms with Crippen molar-refractivity contribution in [2.24, 2.45) is 0 Å². The molecule has 4 aromatic rings. The van der Waals surface area contributed by atoms with Gasteiger partial charge in [-0.05, 0) is 41.3 Å². The van der Waals surface area contributed by atoms with Crippen LogP contribution in [0.1, 0.15) is 11.1 Å². The summed E-state index contributed by atoms with van der Waals surface area (Å²) in [6.45, 7) is 0.223. The Morgan fingerprint density at radius 2 is 2.00 bits per heavy atom. The van der Waals surface area contributed by atoms with E-state index in [0.29, 0.717) is 23.9 Å². The maximum absolute atomic E-state index is 12.4. The quantitative estimate of drug-likeness (QED) is 0.497. The first-order valence-electron chi connectivity index (χ1n) is 8.83. The highest BCUT2D eigenvalue weighted by molar-refractivity contribution is 7.16. The number of hydrogen-bond acceptors (Lipinski definition) is 6. The Balaban J connectivity index is 1.44. The molecule has 1 aromatic carbocycles. The van der Waals surface area contributed by atoms with Crippen molar-refractivity contribution in [3.05, 3.63) is 71.2 Å². The summed E-state index contributed by atoms with van der Waals surface area (Å²) in [4.78, 5) is 26.5. The third kappa shape index (κ3) is 4.46. The van der Waals surface area contributed by atoms with E-state index in [2.05, 4.69) is 26.2 Å². The third-order valence-corrected chi connectivity index (χ3v) is 4.91. The Morgan fingerprint density at radius 1 is 1.14 bits per heavy atom. The van der Waals surface area contributed by atoms with Gasteiger partial charge in [0.25, 0.3) is 5.91 Å². The molecule has 3 aromatic heterocycles. The van der Waals surface area contributed by atoms with Crippen molar-refractivity contribution in [1.82, 2.24) is 15.0 Å². The molecule has 29 heavy (non-hydrogen) atoms. The van der Waals surface area contributed by atoms with E-state index in [1.54, 1.807) is 6.20 Å². The molecule has 3 heterocycles. The lowest BCUT2D eigenvalue weighted by atomic mass is 10.1. The first-order chi connectivity index (χ1) is 14.2. The molecule has 7 heteroatoms. The minimum Gasteiger partial charge on any atom is -0.367 e. The minimum absolute atomic E-state index is 0.0918. The SMILES string of the molecule is C#Cc1ccc(COCC(=O)Nc2nc(-c3ccccn3)nc3sccc23)cc1. The topological polar surface area (TPSA) is 77.0 Å². The molecule has 6 nitrogen and oxygen atoms in total. The number of nitrogens with one attached hydrogen (secondary N) is 1. The Hall–Kier alpha value is -3.60. The summed E-state index contributed by atoms with van der Waals surface area (Å²) < 4.78 is 5.52. The maximum atomic E-state index is 12.4. The number of carbonyl (C=O) groups excluding carboxylic acids is 1. The molecule has 0 bridgehead atoms. The number of ether oxygens (including phenoxy) is 1. The summed E-state index contributed by atoms with van der Waals surface area (Å²) in [5, 5.41) is 5.52. The van der Waals surface area contributed by atoms with Crippen LogP contribution in [0.3, 0.4) is 0 Å². The van der Waals surface area contributed by atoms with Gasteiger partial charge in [-0.15, -0.1) is 17.8 Å². The van der Waals surface area contributed by atoms with Crippen molar-refractivity contribution < 1.29 is 9.53 Å². The molecule has 0 atom stereocenters. The van der Waals surface area contributed by atoms with E-state index in [-0.39, 0.29) is 12.5 Å². The number of amides is 1. The summed E-state index contributed by atoms with van der Waals surface area (Å²) in [6, 6.07) is 14.8. The monoisotopic (exact) mass is 400 g/mol. The zero-order chi connectivity index (χ0) is 20.1. The summed E-state index contributed by atoms with van der Waals surface area (Å²) in [5.41, 5.74) is 2.39. The fraction of sp³-hybridized carbons (Fsp3) is 0.0909. The Labute approximate surface area is 171 Å². The van der Waals surface area contributed by atoms with Gasteiger partial charge in [-0.25, -0.2) is 9.97 Å². The second-order valence-electron chi connectivity index (χ2n) is 6.13. The molecule has 0 radical (unpaired) electrons. The molecule has 0 fully saturated rings. The van der Waals surface area contributed by atoms with Crippen LogP contribution >= 0.6 is 11.3 Å². The predicted molar refractivity (Wildman–Crippen MR) is 113 cm³/mol. The van der Waals surface area contributed by atoms with Gasteiger partial charge in [0.05, 0.1) is 12.0 Å². The fourth-order valence-electron chi connectivity index (χ4n) is 2.69. The number of pyridine rings is 1. The van der Waals surface area contributed by atoms with Gasteiger partial charge >= 0.3 is 0 Å². The van der Waals surface area contributed by atoms with E-state index in [1.807, 2.05) is 53.9 Å². The zero-order valence-electron chi connectivity index (χ0n) is 15.3. The van der Waals surface area contributed by atoms with Crippen LogP contribution in [0.4, 0.5) is 5.82 Å². The molecule has 1 N–H and O–H groups in total. The van der Waals surface area contributed by atoms with Gasteiger partial charge in [-0.1, -0.05) is 24.1 Å². The van der Waals surface area contributed by atoms with Gasteiger partial charge in [0, 0.05) is 11.8 Å². The van der Waals surface area contributed by atoms with E-state index in [1.165, 1.54) is 11.3 Å². The van der Waals surface area contributed by atoms with Crippen molar-refractivity contribution in [3.63, 3.8) is 0 Å². The molecular formula is C22H16N4O2S. The molecule has 0 aliphatic carbocycles. The number of benzene rings is 1. The third-order valence-electron chi connectivity index (χ3n) is 4.10. The van der Waals surface area contributed by atoms with E-state index in [9.17, 15) is 4.79 Å². The van der Waals surface area contributed by atoms with Gasteiger partial charge in [-0.3, -0.25) is 9.78 Å². The summed E-state index contributed by atoms with van der Waals surface area (Å²) in [5.74, 6) is 3.19. The lowest BCUT2D eigenvalue weighted by molar-refractivity contribution is -0.121. The van der Waals surface area contributed by atoms with Gasteiger partial charge in [0.2, 0.25) is 0 Å². The lowest BCUT2D eigenvalue weighted by Crippen LogP contribution is -2.19. The average molecular weight is 400 g/mol. The maximum Gasteiger partial charge on any atom is 0.251 e. The fourth-order valence-corrected chi connectivity index (χ4v) is 3.45. The highest BCUT2D eigenvalue weighted by Crippen LogP contribution is 2.27. The highest BCUT2D eigenvalue weighted by Gasteiger charge is 2.13. The summed E-state index contributed by atoms with van der Waals surface area (Å²) >= 11 is 1.48. The number of thiophene rings is 1. The largest absolute Gasteiger partial charge is 0.367 e. The number of nitrogens with zero attached hydrogens (tertiary/aromatic N) is 3. The van der Waals surface area contributed by atoms with E-state index >= 15 is 0 Å². The Bertz CT molecular complexity index is 1180. The van der Waals surface area contributed by atoms with Gasteiger partial charge in [-0.2, -0.15) is 0 Å². The standard InChI is InChI=1S/C22H16N4O2S/c1-2-15-6-8-16(9-7-15)13-28-14-19(27)24-20-17-10-12-29-22(17)26-21(25-20)18-5-3-4-11-23-18/h1,3-12H,13-14H2,(H,24,25,26,27). The Morgan fingerprint density at radius 3 is 2.76 bits per heavy atom. The average Bonchev–Trinajstić information content (AvgIpc) is 3.24. The van der Waals surface area contributed by atoms with Crippen molar-refractivity contribution >= 4 is 33.3 Å². The molecule has 0 aliphatic rings. The van der Waals surface area contributed by atoms with Crippen LogP contribution in [0, 0.1) is 12.3 Å². The number of fused-ring (bicyclic) bond motifs is 1. The van der Waals surface area contributed by atoms with Crippen molar-refractivity contribution in [2.45, 2.75) is 6.61 Å². The van der Waals surface area contributed by atoms with Crippen molar-refractivity contribution in [1.29, 1.82) is 0 Å².